The molecule has 5 atom stereocenters. The summed E-state index contributed by atoms with van der Waals surface area (Å²) in [5.74, 6) is 1.14. The summed E-state index contributed by atoms with van der Waals surface area (Å²) in [5.41, 5.74) is 3.04. The fourth-order valence-corrected chi connectivity index (χ4v) is 6.72. The van der Waals surface area contributed by atoms with Gasteiger partial charge in [-0.05, 0) is 55.6 Å². The maximum Gasteiger partial charge on any atom is 0.315 e. The standard InChI is InChI=1S/C25H34N2O2/c1-18-7-6-10-25(2)16-23-20(15-22(18)25)21(24(28)29-23)17-26-11-13-27(14-12-26)19-8-4-3-5-9-19/h3-5,8-9,20-23H,1,6-7,10-17H2,2H3/p+1/t20-,21-,22+,23+,25-/m0/s1. The van der Waals surface area contributed by atoms with Crippen molar-refractivity contribution in [2.45, 2.75) is 45.1 Å². The number of benzene rings is 1. The number of anilines is 1. The fraction of sp³-hybridized carbons (Fsp3) is 0.640. The minimum absolute atomic E-state index is 0.0749. The molecule has 2 saturated carbocycles. The highest BCUT2D eigenvalue weighted by atomic mass is 16.6. The lowest BCUT2D eigenvalue weighted by atomic mass is 9.55. The lowest BCUT2D eigenvalue weighted by molar-refractivity contribution is -0.903. The molecule has 4 heteroatoms. The van der Waals surface area contributed by atoms with Crippen molar-refractivity contribution < 1.29 is 14.4 Å². The summed E-state index contributed by atoms with van der Waals surface area (Å²) < 4.78 is 5.97. The first-order valence-corrected chi connectivity index (χ1v) is 11.6. The molecule has 4 aliphatic rings. The minimum Gasteiger partial charge on any atom is -0.462 e. The average Bonchev–Trinajstić information content (AvgIpc) is 3.01. The molecule has 1 aromatic carbocycles. The van der Waals surface area contributed by atoms with Gasteiger partial charge in [0.15, 0.2) is 0 Å². The predicted molar refractivity (Wildman–Crippen MR) is 115 cm³/mol. The van der Waals surface area contributed by atoms with Crippen molar-refractivity contribution in [3.8, 4) is 0 Å². The van der Waals surface area contributed by atoms with Gasteiger partial charge in [-0.1, -0.05) is 37.3 Å². The van der Waals surface area contributed by atoms with Gasteiger partial charge in [0.05, 0.1) is 32.7 Å². The highest BCUT2D eigenvalue weighted by Crippen LogP contribution is 2.56. The minimum atomic E-state index is 0.0749. The highest BCUT2D eigenvalue weighted by molar-refractivity contribution is 5.75. The van der Waals surface area contributed by atoms with Crippen LogP contribution in [0.1, 0.15) is 39.0 Å². The normalized spacial score (nSPS) is 37.8. The van der Waals surface area contributed by atoms with Crippen LogP contribution >= 0.6 is 0 Å². The van der Waals surface area contributed by atoms with E-state index >= 15 is 0 Å². The van der Waals surface area contributed by atoms with Crippen molar-refractivity contribution >= 4 is 11.7 Å². The van der Waals surface area contributed by atoms with Crippen LogP contribution in [0.3, 0.4) is 0 Å². The first-order chi connectivity index (χ1) is 14.0. The third kappa shape index (κ3) is 3.50. The molecule has 1 N–H and O–H groups in total. The van der Waals surface area contributed by atoms with Gasteiger partial charge < -0.3 is 14.5 Å². The zero-order valence-electron chi connectivity index (χ0n) is 17.7. The van der Waals surface area contributed by atoms with E-state index in [0.29, 0.717) is 17.3 Å². The van der Waals surface area contributed by atoms with Gasteiger partial charge in [-0.2, -0.15) is 0 Å². The molecule has 0 spiro atoms. The summed E-state index contributed by atoms with van der Waals surface area (Å²) in [6.45, 7) is 12.1. The molecule has 0 bridgehead atoms. The summed E-state index contributed by atoms with van der Waals surface area (Å²) in [4.78, 5) is 16.9. The Labute approximate surface area is 174 Å². The molecule has 1 aromatic rings. The Hall–Kier alpha value is -1.81. The Bertz CT molecular complexity index is 770. The van der Waals surface area contributed by atoms with Gasteiger partial charge in [-0.25, -0.2) is 0 Å². The monoisotopic (exact) mass is 395 g/mol. The third-order valence-electron chi connectivity index (χ3n) is 8.42. The van der Waals surface area contributed by atoms with Crippen LogP contribution in [0.25, 0.3) is 0 Å². The Balaban J connectivity index is 1.23. The Morgan fingerprint density at radius 2 is 2.00 bits per heavy atom. The van der Waals surface area contributed by atoms with Crippen LogP contribution in [-0.2, 0) is 9.53 Å². The number of fused-ring (bicyclic) bond motifs is 2. The number of nitrogens with zero attached hydrogens (tertiary/aromatic N) is 1. The van der Waals surface area contributed by atoms with E-state index in [1.807, 2.05) is 0 Å². The second-order valence-electron chi connectivity index (χ2n) is 10.2. The van der Waals surface area contributed by atoms with E-state index < -0.39 is 0 Å². The molecule has 29 heavy (non-hydrogen) atoms. The molecule has 2 heterocycles. The molecule has 2 aliphatic heterocycles. The molecule has 2 saturated heterocycles. The number of quaternary nitrogens is 1. The van der Waals surface area contributed by atoms with Gasteiger partial charge in [0.25, 0.3) is 0 Å². The van der Waals surface area contributed by atoms with Gasteiger partial charge in [0, 0.05) is 11.6 Å². The summed E-state index contributed by atoms with van der Waals surface area (Å²) in [5, 5.41) is 0. The van der Waals surface area contributed by atoms with Gasteiger partial charge in [0.1, 0.15) is 12.0 Å². The van der Waals surface area contributed by atoms with Crippen LogP contribution in [0.2, 0.25) is 0 Å². The number of allylic oxidation sites excluding steroid dienone is 1. The molecule has 156 valence electrons. The van der Waals surface area contributed by atoms with E-state index in [0.717, 1.165) is 45.6 Å². The lowest BCUT2D eigenvalue weighted by Gasteiger charge is -2.50. The summed E-state index contributed by atoms with van der Waals surface area (Å²) in [7, 11) is 0. The number of esters is 1. The van der Waals surface area contributed by atoms with Crippen molar-refractivity contribution in [2.24, 2.45) is 23.2 Å². The predicted octanol–water partition coefficient (Wildman–Crippen LogP) is 2.71. The molecule has 2 aliphatic carbocycles. The largest absolute Gasteiger partial charge is 0.462 e. The number of carbonyl (C=O) groups is 1. The van der Waals surface area contributed by atoms with Crippen molar-refractivity contribution in [3.05, 3.63) is 42.5 Å². The number of hydrogen-bond acceptors (Lipinski definition) is 3. The smallest absolute Gasteiger partial charge is 0.315 e. The number of ether oxygens (including phenoxy) is 1. The van der Waals surface area contributed by atoms with E-state index in [-0.39, 0.29) is 18.0 Å². The first kappa shape index (κ1) is 19.2. The number of piperazine rings is 1. The van der Waals surface area contributed by atoms with Crippen LogP contribution in [0.15, 0.2) is 42.5 Å². The molecule has 0 aromatic heterocycles. The molecule has 0 radical (unpaired) electrons. The zero-order valence-corrected chi connectivity index (χ0v) is 17.7. The zero-order chi connectivity index (χ0) is 20.0. The Morgan fingerprint density at radius 1 is 1.24 bits per heavy atom. The van der Waals surface area contributed by atoms with E-state index in [1.165, 1.54) is 30.5 Å². The van der Waals surface area contributed by atoms with E-state index in [1.54, 1.807) is 4.90 Å². The molecule has 0 unspecified atom stereocenters. The maximum atomic E-state index is 12.8. The molecular weight excluding hydrogens is 360 g/mol. The van der Waals surface area contributed by atoms with Crippen molar-refractivity contribution in [1.29, 1.82) is 0 Å². The van der Waals surface area contributed by atoms with Crippen LogP contribution in [0.5, 0.6) is 0 Å². The second kappa shape index (κ2) is 7.46. The number of para-hydroxylation sites is 1. The molecule has 5 rings (SSSR count). The van der Waals surface area contributed by atoms with Crippen molar-refractivity contribution in [1.82, 2.24) is 0 Å². The molecular formula is C25H35N2O2+. The van der Waals surface area contributed by atoms with Crippen LogP contribution in [0, 0.1) is 23.2 Å². The van der Waals surface area contributed by atoms with Crippen LogP contribution in [0.4, 0.5) is 5.69 Å². The number of nitrogens with one attached hydrogen (secondary N) is 1. The van der Waals surface area contributed by atoms with E-state index in [2.05, 4.69) is 48.7 Å². The van der Waals surface area contributed by atoms with E-state index in [4.69, 9.17) is 4.74 Å². The molecule has 4 fully saturated rings. The first-order valence-electron chi connectivity index (χ1n) is 11.6. The van der Waals surface area contributed by atoms with Crippen LogP contribution in [-0.4, -0.2) is 44.8 Å². The number of hydrogen-bond donors (Lipinski definition) is 1. The fourth-order valence-electron chi connectivity index (χ4n) is 6.72. The SMILES string of the molecule is C=C1CCC[C@@]2(C)C[C@H]3OC(=O)[C@@H](C[NH+]4CCN(c5ccccc5)CC4)[C@@H]3C[C@H]12. The summed E-state index contributed by atoms with van der Waals surface area (Å²) in [6, 6.07) is 10.7. The summed E-state index contributed by atoms with van der Waals surface area (Å²) in [6.07, 6.45) is 5.97. The quantitative estimate of drug-likeness (QED) is 0.631. The van der Waals surface area contributed by atoms with Gasteiger partial charge >= 0.3 is 5.97 Å². The molecule has 0 amide bonds. The van der Waals surface area contributed by atoms with Crippen molar-refractivity contribution in [3.63, 3.8) is 0 Å². The highest BCUT2D eigenvalue weighted by Gasteiger charge is 2.56. The molecule has 4 nitrogen and oxygen atoms in total. The topological polar surface area (TPSA) is 34.0 Å². The third-order valence-corrected chi connectivity index (χ3v) is 8.42. The van der Waals surface area contributed by atoms with Gasteiger partial charge in [-0.3, -0.25) is 4.79 Å². The Morgan fingerprint density at radius 3 is 2.76 bits per heavy atom. The van der Waals surface area contributed by atoms with Gasteiger partial charge in [-0.15, -0.1) is 0 Å². The Kier molecular flexibility index (Phi) is 4.93. The number of rotatable bonds is 3. The lowest BCUT2D eigenvalue weighted by Crippen LogP contribution is -3.15. The van der Waals surface area contributed by atoms with Crippen molar-refractivity contribution in [2.75, 3.05) is 37.6 Å². The van der Waals surface area contributed by atoms with Gasteiger partial charge in [0.2, 0.25) is 0 Å². The van der Waals surface area contributed by atoms with E-state index in [9.17, 15) is 4.79 Å². The maximum absolute atomic E-state index is 12.8. The number of carbonyl (C=O) groups excluding carboxylic acids is 1. The summed E-state index contributed by atoms with van der Waals surface area (Å²) >= 11 is 0. The second-order valence-corrected chi connectivity index (χ2v) is 10.2. The van der Waals surface area contributed by atoms with Crippen LogP contribution < -0.4 is 9.80 Å². The average molecular weight is 396 g/mol.